The molecule has 0 spiro atoms. The Morgan fingerprint density at radius 1 is 0.806 bits per heavy atom. The molecule has 0 radical (unpaired) electrons. The lowest BCUT2D eigenvalue weighted by Crippen LogP contribution is -2.41. The lowest BCUT2D eigenvalue weighted by Gasteiger charge is -2.36. The largest absolute Gasteiger partial charge is 0.365 e. The zero-order chi connectivity index (χ0) is 26.4. The lowest BCUT2D eigenvalue weighted by molar-refractivity contribution is 0.265. The molecule has 4 heterocycles. The number of hydrogen-bond donors (Lipinski definition) is 4. The minimum atomic E-state index is -0.847. The van der Waals surface area contributed by atoms with E-state index in [1.54, 1.807) is 0 Å². The predicted molar refractivity (Wildman–Crippen MR) is 136 cm³/mol. The minimum Gasteiger partial charge on any atom is -0.365 e. The molecule has 0 saturated carbocycles. The van der Waals surface area contributed by atoms with Crippen LogP contribution in [0.15, 0.2) is 6.33 Å². The number of fused-ring (bicyclic) bond motifs is 2. The highest BCUT2D eigenvalue weighted by Gasteiger charge is 2.32. The van der Waals surface area contributed by atoms with Gasteiger partial charge in [-0.1, -0.05) is 48.5 Å². The Kier molecular flexibility index (Phi) is 6.56. The van der Waals surface area contributed by atoms with Crippen LogP contribution in [0.2, 0.25) is 0 Å². The number of halogens is 2. The maximum absolute atomic E-state index is 14.2. The number of rotatable bonds is 7. The molecule has 4 aromatic heterocycles. The molecule has 4 N–H and O–H groups in total. The molecular formula is C24H34F2N10. The molecule has 0 aliphatic carbocycles. The van der Waals surface area contributed by atoms with Crippen molar-refractivity contribution in [1.82, 2.24) is 39.9 Å². The van der Waals surface area contributed by atoms with E-state index >= 15 is 0 Å². The number of imidazole rings is 2. The Morgan fingerprint density at radius 2 is 1.42 bits per heavy atom. The number of nitrogens with one attached hydrogen (secondary N) is 4. The van der Waals surface area contributed by atoms with E-state index in [9.17, 15) is 8.78 Å². The van der Waals surface area contributed by atoms with E-state index in [0.29, 0.717) is 34.9 Å². The first-order chi connectivity index (χ1) is 16.7. The summed E-state index contributed by atoms with van der Waals surface area (Å²) in [6.45, 7) is 16.7. The summed E-state index contributed by atoms with van der Waals surface area (Å²) >= 11 is 0. The van der Waals surface area contributed by atoms with Gasteiger partial charge in [0.1, 0.15) is 16.9 Å². The normalized spacial score (nSPS) is 15.3. The topological polar surface area (TPSA) is 133 Å². The highest BCUT2D eigenvalue weighted by molar-refractivity contribution is 5.83. The molecule has 36 heavy (non-hydrogen) atoms. The third kappa shape index (κ3) is 5.36. The van der Waals surface area contributed by atoms with Crippen molar-refractivity contribution in [1.29, 1.82) is 0 Å². The lowest BCUT2D eigenvalue weighted by atomic mass is 9.78. The fraction of sp³-hybridized carbons (Fsp3) is 0.583. The SMILES string of the molecule is CC(Cc1nc2nc(F)nc(N[C@H](C)C(C)(C)C)c2[nH]1)[C@@H](Nc1nc(F)nc2nc[nH]c12)C(C)(C)C. The summed E-state index contributed by atoms with van der Waals surface area (Å²) in [5.74, 6) is 1.40. The van der Waals surface area contributed by atoms with Crippen LogP contribution in [0.4, 0.5) is 20.4 Å². The molecule has 3 atom stereocenters. The van der Waals surface area contributed by atoms with E-state index in [2.05, 4.69) is 99.0 Å². The molecule has 0 aromatic carbocycles. The van der Waals surface area contributed by atoms with Gasteiger partial charge in [-0.15, -0.1) is 0 Å². The fourth-order valence-electron chi connectivity index (χ4n) is 4.23. The molecular weight excluding hydrogens is 466 g/mol. The van der Waals surface area contributed by atoms with Crippen LogP contribution in [-0.4, -0.2) is 52.0 Å². The van der Waals surface area contributed by atoms with Gasteiger partial charge < -0.3 is 20.6 Å². The Bertz CT molecular complexity index is 1370. The maximum atomic E-state index is 14.2. The maximum Gasteiger partial charge on any atom is 0.312 e. The highest BCUT2D eigenvalue weighted by atomic mass is 19.1. The van der Waals surface area contributed by atoms with Crippen molar-refractivity contribution in [3.8, 4) is 0 Å². The summed E-state index contributed by atoms with van der Waals surface area (Å²) < 4.78 is 28.2. The third-order valence-electron chi connectivity index (χ3n) is 6.59. The second kappa shape index (κ2) is 9.21. The van der Waals surface area contributed by atoms with Crippen molar-refractivity contribution in [3.63, 3.8) is 0 Å². The Hall–Kier alpha value is -3.44. The molecule has 0 saturated heterocycles. The number of aromatic amines is 2. The number of aromatic nitrogens is 8. The molecule has 0 fully saturated rings. The second-order valence-electron chi connectivity index (χ2n) is 11.6. The van der Waals surface area contributed by atoms with Crippen molar-refractivity contribution in [2.75, 3.05) is 10.6 Å². The van der Waals surface area contributed by atoms with Gasteiger partial charge in [0.25, 0.3) is 0 Å². The summed E-state index contributed by atoms with van der Waals surface area (Å²) in [5, 5.41) is 6.70. The van der Waals surface area contributed by atoms with E-state index in [-0.39, 0.29) is 40.1 Å². The van der Waals surface area contributed by atoms with Crippen molar-refractivity contribution >= 4 is 34.0 Å². The number of hydrogen-bond acceptors (Lipinski definition) is 8. The van der Waals surface area contributed by atoms with Crippen LogP contribution >= 0.6 is 0 Å². The standard InChI is InChI=1S/C24H34F2N10/c1-11(16(24(6,7)8)32-18-14-17(28-10-27-14)33-21(25)34-18)9-13-30-15-19(29-12(2)23(3,4)5)35-22(26)36-20(15)31-13/h10-12,16H,9H2,1-8H3,(H2,27,28,32,33,34)(H2,29,30,31,35,36)/t11?,12-,16-/m1/s1. The first-order valence-corrected chi connectivity index (χ1v) is 12.0. The first kappa shape index (κ1) is 25.6. The smallest absolute Gasteiger partial charge is 0.312 e. The first-order valence-electron chi connectivity index (χ1n) is 12.0. The van der Waals surface area contributed by atoms with Crippen LogP contribution in [0.25, 0.3) is 22.3 Å². The van der Waals surface area contributed by atoms with E-state index in [1.165, 1.54) is 6.33 Å². The Morgan fingerprint density at radius 3 is 2.03 bits per heavy atom. The monoisotopic (exact) mass is 500 g/mol. The molecule has 0 aliphatic rings. The van der Waals surface area contributed by atoms with Crippen molar-refractivity contribution in [2.24, 2.45) is 16.7 Å². The van der Waals surface area contributed by atoms with Crippen LogP contribution in [0.5, 0.6) is 0 Å². The van der Waals surface area contributed by atoms with Gasteiger partial charge in [0.15, 0.2) is 22.9 Å². The van der Waals surface area contributed by atoms with Crippen molar-refractivity contribution < 1.29 is 8.78 Å². The summed E-state index contributed by atoms with van der Waals surface area (Å²) in [6, 6.07) is -0.101. The zero-order valence-electron chi connectivity index (χ0n) is 22.0. The molecule has 194 valence electrons. The molecule has 10 nitrogen and oxygen atoms in total. The zero-order valence-corrected chi connectivity index (χ0v) is 22.0. The molecule has 4 aromatic rings. The number of anilines is 2. The van der Waals surface area contributed by atoms with Crippen LogP contribution in [0.3, 0.4) is 0 Å². The van der Waals surface area contributed by atoms with Crippen LogP contribution in [-0.2, 0) is 6.42 Å². The van der Waals surface area contributed by atoms with Crippen LogP contribution in [0.1, 0.15) is 61.2 Å². The number of nitrogens with zero attached hydrogens (tertiary/aromatic N) is 6. The Labute approximate surface area is 208 Å². The van der Waals surface area contributed by atoms with Gasteiger partial charge in [-0.3, -0.25) is 0 Å². The second-order valence-corrected chi connectivity index (χ2v) is 11.6. The molecule has 12 heteroatoms. The molecule has 0 bridgehead atoms. The quantitative estimate of drug-likeness (QED) is 0.265. The Balaban J connectivity index is 1.62. The number of H-pyrrole nitrogens is 2. The van der Waals surface area contributed by atoms with Gasteiger partial charge in [0.2, 0.25) is 0 Å². The third-order valence-corrected chi connectivity index (χ3v) is 6.59. The van der Waals surface area contributed by atoms with E-state index in [1.807, 2.05) is 6.92 Å². The summed E-state index contributed by atoms with van der Waals surface area (Å²) in [6.07, 6.45) is 0.307. The minimum absolute atomic E-state index is 0.0178. The van der Waals surface area contributed by atoms with Crippen LogP contribution in [0, 0.1) is 28.9 Å². The van der Waals surface area contributed by atoms with Gasteiger partial charge in [0, 0.05) is 18.5 Å². The van der Waals surface area contributed by atoms with Crippen LogP contribution < -0.4 is 10.6 Å². The van der Waals surface area contributed by atoms with Gasteiger partial charge in [-0.2, -0.15) is 28.7 Å². The average molecular weight is 501 g/mol. The molecule has 0 aliphatic heterocycles. The summed E-state index contributed by atoms with van der Waals surface area (Å²) in [4.78, 5) is 30.4. The molecule has 0 amide bonds. The summed E-state index contributed by atoms with van der Waals surface area (Å²) in [7, 11) is 0. The molecule has 4 rings (SSSR count). The van der Waals surface area contributed by atoms with Crippen molar-refractivity contribution in [3.05, 3.63) is 24.3 Å². The van der Waals surface area contributed by atoms with Gasteiger partial charge in [-0.05, 0) is 23.7 Å². The van der Waals surface area contributed by atoms with Gasteiger partial charge >= 0.3 is 12.2 Å². The van der Waals surface area contributed by atoms with E-state index < -0.39 is 12.2 Å². The van der Waals surface area contributed by atoms with Gasteiger partial charge in [0.05, 0.1) is 6.33 Å². The van der Waals surface area contributed by atoms with E-state index in [0.717, 1.165) is 0 Å². The van der Waals surface area contributed by atoms with E-state index in [4.69, 9.17) is 0 Å². The highest BCUT2D eigenvalue weighted by Crippen LogP contribution is 2.32. The average Bonchev–Trinajstić information content (AvgIpc) is 3.36. The molecule has 1 unspecified atom stereocenters. The summed E-state index contributed by atoms with van der Waals surface area (Å²) in [5.41, 5.74) is 1.35. The van der Waals surface area contributed by atoms with Gasteiger partial charge in [-0.25, -0.2) is 9.97 Å². The van der Waals surface area contributed by atoms with Crippen molar-refractivity contribution in [2.45, 2.75) is 73.9 Å². The fourth-order valence-corrected chi connectivity index (χ4v) is 4.23. The predicted octanol–water partition coefficient (Wildman–Crippen LogP) is 4.85.